The summed E-state index contributed by atoms with van der Waals surface area (Å²) in [5, 5.41) is 4.73. The van der Waals surface area contributed by atoms with Gasteiger partial charge in [0.05, 0.1) is 16.9 Å². The molecule has 0 unspecified atom stereocenters. The van der Waals surface area contributed by atoms with Gasteiger partial charge in [0, 0.05) is 0 Å². The van der Waals surface area contributed by atoms with E-state index in [0.29, 0.717) is 16.5 Å². The minimum atomic E-state index is 0.205. The molecule has 1 aliphatic heterocycles. The van der Waals surface area contributed by atoms with Crippen LogP contribution < -0.4 is 14.9 Å². The Balaban J connectivity index is 1.77. The van der Waals surface area contributed by atoms with E-state index in [0.717, 1.165) is 16.8 Å². The summed E-state index contributed by atoms with van der Waals surface area (Å²) in [7, 11) is 0. The van der Waals surface area contributed by atoms with Gasteiger partial charge < -0.3 is 9.47 Å². The summed E-state index contributed by atoms with van der Waals surface area (Å²) in [4.78, 5) is 0. The van der Waals surface area contributed by atoms with Crippen molar-refractivity contribution in [3.8, 4) is 11.5 Å². The van der Waals surface area contributed by atoms with Crippen molar-refractivity contribution in [2.45, 2.75) is 6.92 Å². The van der Waals surface area contributed by atoms with Crippen molar-refractivity contribution in [3.63, 3.8) is 0 Å². The van der Waals surface area contributed by atoms with E-state index in [2.05, 4.69) is 10.5 Å². The van der Waals surface area contributed by atoms with Gasteiger partial charge in [-0.05, 0) is 36.2 Å². The van der Waals surface area contributed by atoms with E-state index in [1.807, 2.05) is 37.3 Å². The van der Waals surface area contributed by atoms with E-state index in [4.69, 9.17) is 21.1 Å². The van der Waals surface area contributed by atoms with E-state index >= 15 is 0 Å². The lowest BCUT2D eigenvalue weighted by Crippen LogP contribution is -1.93. The number of nitrogens with one attached hydrogen (secondary N) is 1. The summed E-state index contributed by atoms with van der Waals surface area (Å²) in [6, 6.07) is 11.6. The maximum atomic E-state index is 6.11. The van der Waals surface area contributed by atoms with Crippen LogP contribution in [0.3, 0.4) is 0 Å². The number of hydrogen-bond donors (Lipinski definition) is 1. The van der Waals surface area contributed by atoms with Crippen molar-refractivity contribution in [1.29, 1.82) is 0 Å². The van der Waals surface area contributed by atoms with Crippen molar-refractivity contribution in [1.82, 2.24) is 0 Å². The van der Waals surface area contributed by atoms with Gasteiger partial charge in [0.25, 0.3) is 0 Å². The van der Waals surface area contributed by atoms with Crippen molar-refractivity contribution < 1.29 is 9.47 Å². The molecule has 0 saturated carbocycles. The molecule has 2 aromatic rings. The molecule has 0 bridgehead atoms. The first-order chi connectivity index (χ1) is 9.74. The van der Waals surface area contributed by atoms with Gasteiger partial charge in [-0.3, -0.25) is 5.43 Å². The highest BCUT2D eigenvalue weighted by atomic mass is 35.5. The van der Waals surface area contributed by atoms with Crippen LogP contribution in [0.5, 0.6) is 11.5 Å². The molecule has 0 saturated heterocycles. The molecule has 0 aromatic heterocycles. The van der Waals surface area contributed by atoms with Crippen LogP contribution in [0.15, 0.2) is 41.5 Å². The maximum absolute atomic E-state index is 6.11. The lowest BCUT2D eigenvalue weighted by molar-refractivity contribution is 0.174. The van der Waals surface area contributed by atoms with Crippen LogP contribution in [0.1, 0.15) is 11.1 Å². The Morgan fingerprint density at radius 2 is 2.10 bits per heavy atom. The van der Waals surface area contributed by atoms with Crippen molar-refractivity contribution in [2.75, 3.05) is 12.2 Å². The third-order valence-electron chi connectivity index (χ3n) is 2.99. The van der Waals surface area contributed by atoms with Crippen LogP contribution in [0.25, 0.3) is 0 Å². The molecular weight excluding hydrogens is 276 g/mol. The molecule has 0 aliphatic carbocycles. The normalized spacial score (nSPS) is 12.9. The third-order valence-corrected chi connectivity index (χ3v) is 3.27. The topological polar surface area (TPSA) is 42.9 Å². The molecular formula is C15H13ClN2O2. The monoisotopic (exact) mass is 288 g/mol. The second-order valence-electron chi connectivity index (χ2n) is 4.42. The summed E-state index contributed by atoms with van der Waals surface area (Å²) in [6.07, 6.45) is 1.69. The number of ether oxygens (including phenoxy) is 2. The van der Waals surface area contributed by atoms with Gasteiger partial charge in [-0.25, -0.2) is 0 Å². The lowest BCUT2D eigenvalue weighted by Gasteiger charge is -2.04. The van der Waals surface area contributed by atoms with Gasteiger partial charge in [0.15, 0.2) is 11.5 Å². The Kier molecular flexibility index (Phi) is 3.48. The van der Waals surface area contributed by atoms with Crippen LogP contribution in [-0.2, 0) is 0 Å². The highest BCUT2D eigenvalue weighted by Gasteiger charge is 2.17. The molecule has 20 heavy (non-hydrogen) atoms. The van der Waals surface area contributed by atoms with Crippen LogP contribution >= 0.6 is 11.6 Å². The molecule has 2 aromatic carbocycles. The smallest absolute Gasteiger partial charge is 0.231 e. The van der Waals surface area contributed by atoms with Gasteiger partial charge in [-0.2, -0.15) is 5.10 Å². The minimum Gasteiger partial charge on any atom is -0.454 e. The summed E-state index contributed by atoms with van der Waals surface area (Å²) in [5.41, 5.74) is 5.95. The van der Waals surface area contributed by atoms with E-state index in [1.165, 1.54) is 0 Å². The highest BCUT2D eigenvalue weighted by Crippen LogP contribution is 2.39. The van der Waals surface area contributed by atoms with Crippen LogP contribution in [-0.4, -0.2) is 13.0 Å². The first kappa shape index (κ1) is 12.8. The molecule has 0 radical (unpaired) electrons. The quantitative estimate of drug-likeness (QED) is 0.689. The molecule has 0 atom stereocenters. The molecule has 0 amide bonds. The summed E-state index contributed by atoms with van der Waals surface area (Å²) < 4.78 is 10.6. The third kappa shape index (κ3) is 2.56. The number of fused-ring (bicyclic) bond motifs is 1. The van der Waals surface area contributed by atoms with Crippen LogP contribution in [0.4, 0.5) is 5.69 Å². The zero-order chi connectivity index (χ0) is 13.9. The van der Waals surface area contributed by atoms with Crippen molar-refractivity contribution >= 4 is 23.5 Å². The SMILES string of the molecule is Cc1ccccc1N/N=C\c1cc(Cl)c2c(c1)OCO2. The number of para-hydroxylation sites is 1. The number of halogens is 1. The van der Waals surface area contributed by atoms with Crippen molar-refractivity contribution in [2.24, 2.45) is 5.10 Å². The Bertz CT molecular complexity index is 671. The largest absolute Gasteiger partial charge is 0.454 e. The van der Waals surface area contributed by atoms with Gasteiger partial charge in [-0.1, -0.05) is 29.8 Å². The minimum absolute atomic E-state index is 0.205. The fourth-order valence-electron chi connectivity index (χ4n) is 1.94. The molecule has 1 aliphatic rings. The van der Waals surface area contributed by atoms with Crippen LogP contribution in [0.2, 0.25) is 5.02 Å². The van der Waals surface area contributed by atoms with E-state index < -0.39 is 0 Å². The molecule has 3 rings (SSSR count). The molecule has 1 heterocycles. The number of anilines is 1. The van der Waals surface area contributed by atoms with Gasteiger partial charge >= 0.3 is 0 Å². The van der Waals surface area contributed by atoms with Gasteiger partial charge in [0.1, 0.15) is 0 Å². The zero-order valence-corrected chi connectivity index (χ0v) is 11.6. The standard InChI is InChI=1S/C15H13ClN2O2/c1-10-4-2-3-5-13(10)18-17-8-11-6-12(16)15-14(7-11)19-9-20-15/h2-8,18H,9H2,1H3/b17-8-. The Morgan fingerprint density at radius 1 is 1.25 bits per heavy atom. The van der Waals surface area contributed by atoms with Crippen LogP contribution in [0, 0.1) is 6.92 Å². The second kappa shape index (κ2) is 5.43. The summed E-state index contributed by atoms with van der Waals surface area (Å²) >= 11 is 6.11. The Morgan fingerprint density at radius 3 is 2.95 bits per heavy atom. The zero-order valence-electron chi connectivity index (χ0n) is 10.9. The highest BCUT2D eigenvalue weighted by molar-refractivity contribution is 6.32. The number of hydrogen-bond acceptors (Lipinski definition) is 4. The number of hydrazone groups is 1. The Labute approximate surface area is 122 Å². The number of rotatable bonds is 3. The van der Waals surface area contributed by atoms with E-state index in [9.17, 15) is 0 Å². The first-order valence-corrected chi connectivity index (χ1v) is 6.56. The van der Waals surface area contributed by atoms with Gasteiger partial charge in [0.2, 0.25) is 6.79 Å². The van der Waals surface area contributed by atoms with E-state index in [1.54, 1.807) is 12.3 Å². The number of nitrogens with zero attached hydrogens (tertiary/aromatic N) is 1. The van der Waals surface area contributed by atoms with E-state index in [-0.39, 0.29) is 6.79 Å². The maximum Gasteiger partial charge on any atom is 0.231 e. The first-order valence-electron chi connectivity index (χ1n) is 6.18. The predicted molar refractivity (Wildman–Crippen MR) is 80.0 cm³/mol. The van der Waals surface area contributed by atoms with Crippen molar-refractivity contribution in [3.05, 3.63) is 52.5 Å². The average molecular weight is 289 g/mol. The Hall–Kier alpha value is -2.20. The lowest BCUT2D eigenvalue weighted by atomic mass is 10.2. The fraction of sp³-hybridized carbons (Fsp3) is 0.133. The molecule has 1 N–H and O–H groups in total. The number of benzene rings is 2. The summed E-state index contributed by atoms with van der Waals surface area (Å²) in [5.74, 6) is 1.24. The summed E-state index contributed by atoms with van der Waals surface area (Å²) in [6.45, 7) is 2.23. The molecule has 4 nitrogen and oxygen atoms in total. The average Bonchev–Trinajstić information content (AvgIpc) is 2.90. The molecule has 0 spiro atoms. The van der Waals surface area contributed by atoms with Gasteiger partial charge in [-0.15, -0.1) is 0 Å². The molecule has 0 fully saturated rings. The molecule has 5 heteroatoms. The molecule has 102 valence electrons. The fourth-order valence-corrected chi connectivity index (χ4v) is 2.21. The predicted octanol–water partition coefficient (Wildman–Crippen LogP) is 3.82. The second-order valence-corrected chi connectivity index (χ2v) is 4.83. The number of aryl methyl sites for hydroxylation is 1.